The molecule has 3 aromatic carbocycles. The minimum atomic E-state index is -1.21. The Labute approximate surface area is 202 Å². The lowest BCUT2D eigenvalue weighted by atomic mass is 10.0. The van der Waals surface area contributed by atoms with Crippen LogP contribution in [0.15, 0.2) is 72.8 Å². The van der Waals surface area contributed by atoms with E-state index >= 15 is 0 Å². The van der Waals surface area contributed by atoms with Gasteiger partial charge in [0.25, 0.3) is 5.91 Å². The van der Waals surface area contributed by atoms with Crippen LogP contribution in [-0.2, 0) is 25.8 Å². The van der Waals surface area contributed by atoms with Crippen molar-refractivity contribution in [1.82, 2.24) is 5.32 Å². The number of thioether (sulfide) groups is 1. The van der Waals surface area contributed by atoms with Gasteiger partial charge in [-0.2, -0.15) is 0 Å². The van der Waals surface area contributed by atoms with E-state index in [1.165, 1.54) is 16.7 Å². The third kappa shape index (κ3) is 3.66. The summed E-state index contributed by atoms with van der Waals surface area (Å²) in [6, 6.07) is 23.0. The molecular formula is C27H25N3O3S. The molecule has 2 aliphatic rings. The van der Waals surface area contributed by atoms with E-state index in [9.17, 15) is 14.4 Å². The first-order chi connectivity index (χ1) is 16.4. The van der Waals surface area contributed by atoms with Crippen LogP contribution in [0, 0.1) is 13.8 Å². The molecule has 0 aromatic heterocycles. The molecule has 0 aliphatic carbocycles. The van der Waals surface area contributed by atoms with E-state index in [0.29, 0.717) is 17.9 Å². The molecule has 0 saturated carbocycles. The summed E-state index contributed by atoms with van der Waals surface area (Å²) >= 11 is 1.32. The highest BCUT2D eigenvalue weighted by Gasteiger charge is 2.61. The van der Waals surface area contributed by atoms with Crippen LogP contribution in [0.1, 0.15) is 22.3 Å². The zero-order valence-corrected chi connectivity index (χ0v) is 19.9. The second kappa shape index (κ2) is 8.65. The number of amides is 3. The Bertz CT molecular complexity index is 1270. The second-order valence-corrected chi connectivity index (χ2v) is 9.85. The summed E-state index contributed by atoms with van der Waals surface area (Å²) < 4.78 is 0. The van der Waals surface area contributed by atoms with Crippen LogP contribution in [0.25, 0.3) is 0 Å². The minimum Gasteiger partial charge on any atom is -0.350 e. The molecule has 1 atom stereocenters. The Balaban J connectivity index is 1.49. The Hall–Kier alpha value is -3.58. The van der Waals surface area contributed by atoms with Crippen LogP contribution in [0.2, 0.25) is 0 Å². The number of hydrogen-bond acceptors (Lipinski definition) is 4. The third-order valence-corrected chi connectivity index (χ3v) is 7.55. The summed E-state index contributed by atoms with van der Waals surface area (Å²) in [5.74, 6) is -0.440. The van der Waals surface area contributed by atoms with Crippen molar-refractivity contribution in [3.05, 3.63) is 95.1 Å². The van der Waals surface area contributed by atoms with E-state index in [-0.39, 0.29) is 30.0 Å². The van der Waals surface area contributed by atoms with Crippen LogP contribution >= 0.6 is 11.8 Å². The highest BCUT2D eigenvalue weighted by molar-refractivity contribution is 8.02. The van der Waals surface area contributed by atoms with Crippen molar-refractivity contribution in [3.8, 4) is 0 Å². The number of fused-ring (bicyclic) bond motifs is 2. The smallest absolute Gasteiger partial charge is 0.269 e. The maximum Gasteiger partial charge on any atom is 0.269 e. The molecule has 1 spiro atoms. The number of carbonyl (C=O) groups is 3. The molecule has 2 aliphatic heterocycles. The van der Waals surface area contributed by atoms with Crippen molar-refractivity contribution in [3.63, 3.8) is 0 Å². The zero-order chi connectivity index (χ0) is 23.9. The summed E-state index contributed by atoms with van der Waals surface area (Å²) in [4.78, 5) is 41.9. The van der Waals surface area contributed by atoms with E-state index in [1.54, 1.807) is 4.90 Å². The molecule has 1 N–H and O–H groups in total. The van der Waals surface area contributed by atoms with Gasteiger partial charge >= 0.3 is 0 Å². The lowest BCUT2D eigenvalue weighted by molar-refractivity contribution is -0.125. The van der Waals surface area contributed by atoms with Gasteiger partial charge < -0.3 is 5.32 Å². The van der Waals surface area contributed by atoms with Crippen molar-refractivity contribution >= 4 is 40.9 Å². The van der Waals surface area contributed by atoms with Gasteiger partial charge in [0.15, 0.2) is 0 Å². The zero-order valence-electron chi connectivity index (χ0n) is 19.1. The number of rotatable bonds is 5. The molecule has 3 aromatic rings. The minimum absolute atomic E-state index is 0.111. The molecule has 6 nitrogen and oxygen atoms in total. The number of hydrogen-bond donors (Lipinski definition) is 1. The van der Waals surface area contributed by atoms with E-state index in [2.05, 4.69) is 5.32 Å². The number of para-hydroxylation sites is 1. The highest BCUT2D eigenvalue weighted by Crippen LogP contribution is 2.55. The first kappa shape index (κ1) is 22.2. The van der Waals surface area contributed by atoms with Crippen molar-refractivity contribution < 1.29 is 14.4 Å². The third-order valence-electron chi connectivity index (χ3n) is 6.16. The van der Waals surface area contributed by atoms with Crippen molar-refractivity contribution in [2.24, 2.45) is 0 Å². The van der Waals surface area contributed by atoms with Crippen LogP contribution in [0.5, 0.6) is 0 Å². The van der Waals surface area contributed by atoms with E-state index in [0.717, 1.165) is 22.3 Å². The predicted octanol–water partition coefficient (Wildman–Crippen LogP) is 3.90. The van der Waals surface area contributed by atoms with Crippen molar-refractivity contribution in [2.45, 2.75) is 25.3 Å². The fourth-order valence-electron chi connectivity index (χ4n) is 4.79. The summed E-state index contributed by atoms with van der Waals surface area (Å²) in [5, 5.41) is 2.90. The number of carbonyl (C=O) groups excluding carboxylic acids is 3. The normalized spacial score (nSPS) is 19.1. The molecule has 172 valence electrons. The largest absolute Gasteiger partial charge is 0.350 e. The lowest BCUT2D eigenvalue weighted by Crippen LogP contribution is -2.51. The molecule has 7 heteroatoms. The molecule has 1 fully saturated rings. The SMILES string of the molecule is Cc1cc(C)cc(N2C(=O)CSC23C(=O)N(CC(=O)NCc2ccccc2)c2ccccc23)c1. The molecule has 34 heavy (non-hydrogen) atoms. The Morgan fingerprint density at radius 3 is 2.38 bits per heavy atom. The first-order valence-corrected chi connectivity index (χ1v) is 12.2. The summed E-state index contributed by atoms with van der Waals surface area (Å²) in [6.45, 7) is 4.23. The van der Waals surface area contributed by atoms with Crippen LogP contribution in [0.3, 0.4) is 0 Å². The summed E-state index contributed by atoms with van der Waals surface area (Å²) in [7, 11) is 0. The van der Waals surface area contributed by atoms with Crippen LogP contribution in [0.4, 0.5) is 11.4 Å². The quantitative estimate of drug-likeness (QED) is 0.613. The van der Waals surface area contributed by atoms with E-state index in [1.807, 2.05) is 86.6 Å². The van der Waals surface area contributed by atoms with E-state index in [4.69, 9.17) is 0 Å². The molecule has 2 heterocycles. The van der Waals surface area contributed by atoms with Gasteiger partial charge in [0, 0.05) is 17.8 Å². The van der Waals surface area contributed by atoms with Gasteiger partial charge in [-0.3, -0.25) is 24.2 Å². The van der Waals surface area contributed by atoms with Crippen LogP contribution in [-0.4, -0.2) is 30.0 Å². The van der Waals surface area contributed by atoms with Gasteiger partial charge in [-0.25, -0.2) is 0 Å². The van der Waals surface area contributed by atoms with Crippen LogP contribution < -0.4 is 15.1 Å². The molecular weight excluding hydrogens is 446 g/mol. The number of benzene rings is 3. The Morgan fingerprint density at radius 2 is 1.65 bits per heavy atom. The van der Waals surface area contributed by atoms with Gasteiger partial charge in [0.2, 0.25) is 16.7 Å². The highest BCUT2D eigenvalue weighted by atomic mass is 32.2. The molecule has 3 amide bonds. The van der Waals surface area contributed by atoms with Gasteiger partial charge in [0.05, 0.1) is 11.4 Å². The van der Waals surface area contributed by atoms with Gasteiger partial charge in [0.1, 0.15) is 6.54 Å². The maximum atomic E-state index is 14.0. The fourth-order valence-corrected chi connectivity index (χ4v) is 6.15. The average molecular weight is 472 g/mol. The summed E-state index contributed by atoms with van der Waals surface area (Å²) in [5.41, 5.74) is 5.13. The Kier molecular flexibility index (Phi) is 5.65. The van der Waals surface area contributed by atoms with Gasteiger partial charge in [-0.05, 0) is 48.7 Å². The number of nitrogens with one attached hydrogen (secondary N) is 1. The van der Waals surface area contributed by atoms with Crippen molar-refractivity contribution in [1.29, 1.82) is 0 Å². The topological polar surface area (TPSA) is 69.7 Å². The molecule has 0 bridgehead atoms. The molecule has 1 saturated heterocycles. The predicted molar refractivity (Wildman–Crippen MR) is 135 cm³/mol. The molecule has 1 unspecified atom stereocenters. The molecule has 5 rings (SSSR count). The fraction of sp³-hybridized carbons (Fsp3) is 0.222. The van der Waals surface area contributed by atoms with Crippen molar-refractivity contribution in [2.75, 3.05) is 22.1 Å². The Morgan fingerprint density at radius 1 is 0.971 bits per heavy atom. The number of anilines is 2. The average Bonchev–Trinajstić information content (AvgIpc) is 3.29. The number of nitrogens with zero attached hydrogens (tertiary/aromatic N) is 2. The first-order valence-electron chi connectivity index (χ1n) is 11.2. The number of aryl methyl sites for hydroxylation is 2. The standard InChI is InChI=1S/C27H25N3O3S/c1-18-12-19(2)14-21(13-18)30-25(32)17-34-27(30)22-10-6-7-11-23(22)29(26(27)33)16-24(31)28-15-20-8-4-3-5-9-20/h3-14H,15-17H2,1-2H3,(H,28,31). The van der Waals surface area contributed by atoms with Gasteiger partial charge in [-0.1, -0.05) is 54.6 Å². The molecule has 0 radical (unpaired) electrons. The summed E-state index contributed by atoms with van der Waals surface area (Å²) in [6.07, 6.45) is 0. The lowest BCUT2D eigenvalue weighted by Gasteiger charge is -2.33. The maximum absolute atomic E-state index is 14.0. The monoisotopic (exact) mass is 471 g/mol. The second-order valence-electron chi connectivity index (χ2n) is 8.68. The van der Waals surface area contributed by atoms with E-state index < -0.39 is 4.87 Å². The van der Waals surface area contributed by atoms with Gasteiger partial charge in [-0.15, -0.1) is 11.8 Å².